The van der Waals surface area contributed by atoms with Crippen LogP contribution in [0.5, 0.6) is 5.88 Å². The largest absolute Gasteiger partial charge is 0.477 e. The van der Waals surface area contributed by atoms with Gasteiger partial charge in [-0.3, -0.25) is 9.58 Å². The molecule has 0 radical (unpaired) electrons. The van der Waals surface area contributed by atoms with Crippen LogP contribution in [0.3, 0.4) is 0 Å². The number of hydrogen-bond acceptors (Lipinski definition) is 8. The van der Waals surface area contributed by atoms with Crippen molar-refractivity contribution in [3.8, 4) is 5.88 Å². The maximum atomic E-state index is 13.0. The average molecular weight is 636 g/mol. The Morgan fingerprint density at radius 1 is 1.04 bits per heavy atom. The Morgan fingerprint density at radius 2 is 1.87 bits per heavy atom. The Labute approximate surface area is 261 Å². The number of pyridine rings is 2. The fourth-order valence-electron chi connectivity index (χ4n) is 6.10. The number of alkyl halides is 3. The smallest absolute Gasteiger partial charge is 0.408 e. The molecule has 2 aliphatic rings. The fourth-order valence-corrected chi connectivity index (χ4v) is 6.10. The summed E-state index contributed by atoms with van der Waals surface area (Å²) < 4.78 is 53.4. The highest BCUT2D eigenvalue weighted by molar-refractivity contribution is 5.88. The van der Waals surface area contributed by atoms with Crippen LogP contribution in [0.15, 0.2) is 54.7 Å². The molecule has 4 aromatic heterocycles. The first kappa shape index (κ1) is 30.1. The van der Waals surface area contributed by atoms with E-state index in [9.17, 15) is 23.1 Å². The van der Waals surface area contributed by atoms with Crippen molar-refractivity contribution in [2.24, 2.45) is 0 Å². The minimum absolute atomic E-state index is 0.0105. The quantitative estimate of drug-likeness (QED) is 0.221. The van der Waals surface area contributed by atoms with Gasteiger partial charge in [0.05, 0.1) is 30.9 Å². The SMILES string of the molecule is O=C(O)c1ccc2nc(CN3CCC(c4cccc(OCc5ccc6cnn(CC(F)(F)F)c6c5)n4)CC3)n(CC3CCO3)c2n1. The van der Waals surface area contributed by atoms with E-state index in [0.717, 1.165) is 60.7 Å². The third kappa shape index (κ3) is 6.53. The van der Waals surface area contributed by atoms with Crippen LogP contribution in [-0.2, 0) is 31.0 Å². The van der Waals surface area contributed by atoms with Gasteiger partial charge in [-0.25, -0.2) is 19.7 Å². The number of ether oxygens (including phenoxy) is 2. The van der Waals surface area contributed by atoms with Crippen LogP contribution >= 0.6 is 0 Å². The molecule has 0 amide bonds. The molecule has 2 saturated heterocycles. The van der Waals surface area contributed by atoms with Crippen molar-refractivity contribution >= 4 is 28.0 Å². The van der Waals surface area contributed by atoms with Crippen LogP contribution in [0.1, 0.15) is 52.8 Å². The second-order valence-corrected chi connectivity index (χ2v) is 11.8. The van der Waals surface area contributed by atoms with Crippen molar-refractivity contribution in [1.29, 1.82) is 0 Å². The van der Waals surface area contributed by atoms with Gasteiger partial charge in [0.15, 0.2) is 11.3 Å². The molecule has 240 valence electrons. The molecule has 14 heteroatoms. The molecule has 0 aliphatic carbocycles. The number of benzene rings is 1. The first-order valence-electron chi connectivity index (χ1n) is 15.2. The number of likely N-dealkylation sites (tertiary alicyclic amines) is 1. The zero-order chi connectivity index (χ0) is 31.8. The summed E-state index contributed by atoms with van der Waals surface area (Å²) in [4.78, 5) is 27.8. The minimum Gasteiger partial charge on any atom is -0.477 e. The molecule has 0 spiro atoms. The molecule has 1 N–H and O–H groups in total. The van der Waals surface area contributed by atoms with Gasteiger partial charge in [0.1, 0.15) is 24.5 Å². The molecule has 1 atom stereocenters. The maximum absolute atomic E-state index is 13.0. The average Bonchev–Trinajstić information content (AvgIpc) is 3.56. The molecule has 2 aliphatic heterocycles. The third-order valence-corrected chi connectivity index (χ3v) is 8.61. The van der Waals surface area contributed by atoms with E-state index in [0.29, 0.717) is 41.0 Å². The summed E-state index contributed by atoms with van der Waals surface area (Å²) >= 11 is 0. The number of rotatable bonds is 10. The van der Waals surface area contributed by atoms with Crippen LogP contribution < -0.4 is 4.74 Å². The van der Waals surface area contributed by atoms with E-state index in [2.05, 4.69) is 15.0 Å². The number of carboxylic acid groups (broad SMARTS) is 1. The van der Waals surface area contributed by atoms with Gasteiger partial charge in [0.2, 0.25) is 5.88 Å². The summed E-state index contributed by atoms with van der Waals surface area (Å²) in [5.74, 6) is 0.474. The standard InChI is InChI=1S/C32H32F3N7O4/c33-32(34,35)19-42-27-14-20(4-5-22(27)15-36-42)18-46-29-3-1-2-24(38-29)21-8-11-40(12-9-21)17-28-37-25-6-7-26(31(43)44)39-30(25)41(28)16-23-10-13-45-23/h1-7,14-15,21,23H,8-13,16-19H2,(H,43,44). The lowest BCUT2D eigenvalue weighted by molar-refractivity contribution is -0.141. The van der Waals surface area contributed by atoms with Crippen molar-refractivity contribution in [2.75, 3.05) is 19.7 Å². The van der Waals surface area contributed by atoms with Gasteiger partial charge < -0.3 is 19.1 Å². The number of carboxylic acids is 1. The summed E-state index contributed by atoms with van der Waals surface area (Å²) in [5.41, 5.74) is 3.29. The highest BCUT2D eigenvalue weighted by Gasteiger charge is 2.29. The fraction of sp³-hybridized carbons (Fsp3) is 0.406. The lowest BCUT2D eigenvalue weighted by atomic mass is 9.93. The topological polar surface area (TPSA) is 120 Å². The third-order valence-electron chi connectivity index (χ3n) is 8.61. The van der Waals surface area contributed by atoms with Crippen LogP contribution in [0.25, 0.3) is 22.1 Å². The molecular weight excluding hydrogens is 603 g/mol. The number of piperidine rings is 1. The van der Waals surface area contributed by atoms with Crippen molar-refractivity contribution in [2.45, 2.75) is 63.7 Å². The van der Waals surface area contributed by atoms with Crippen molar-refractivity contribution < 1.29 is 32.5 Å². The molecule has 6 heterocycles. The second-order valence-electron chi connectivity index (χ2n) is 11.8. The first-order valence-corrected chi connectivity index (χ1v) is 15.2. The molecule has 11 nitrogen and oxygen atoms in total. The summed E-state index contributed by atoms with van der Waals surface area (Å²) in [6, 6.07) is 14.1. The Kier molecular flexibility index (Phi) is 8.07. The number of halogens is 3. The van der Waals surface area contributed by atoms with Gasteiger partial charge in [0, 0.05) is 29.7 Å². The Morgan fingerprint density at radius 3 is 2.61 bits per heavy atom. The predicted octanol–water partition coefficient (Wildman–Crippen LogP) is 5.18. The number of imidazole rings is 1. The Bertz CT molecular complexity index is 1880. The van der Waals surface area contributed by atoms with Crippen molar-refractivity contribution in [1.82, 2.24) is 34.2 Å². The second kappa shape index (κ2) is 12.3. The molecule has 1 aromatic carbocycles. The highest BCUT2D eigenvalue weighted by Crippen LogP contribution is 2.30. The van der Waals surface area contributed by atoms with Crippen LogP contribution in [0, 0.1) is 0 Å². The number of aromatic nitrogens is 6. The summed E-state index contributed by atoms with van der Waals surface area (Å²) in [6.45, 7) is 2.60. The van der Waals surface area contributed by atoms with Crippen LogP contribution in [0.4, 0.5) is 13.2 Å². The van der Waals surface area contributed by atoms with E-state index in [1.165, 1.54) is 12.3 Å². The van der Waals surface area contributed by atoms with E-state index in [-0.39, 0.29) is 24.3 Å². The number of hydrogen-bond donors (Lipinski definition) is 1. The molecule has 7 rings (SSSR count). The monoisotopic (exact) mass is 635 g/mol. The summed E-state index contributed by atoms with van der Waals surface area (Å²) in [7, 11) is 0. The zero-order valence-corrected chi connectivity index (χ0v) is 24.9. The molecule has 1 unspecified atom stereocenters. The van der Waals surface area contributed by atoms with Crippen molar-refractivity contribution in [3.63, 3.8) is 0 Å². The molecular formula is C32H32F3N7O4. The lowest BCUT2D eigenvalue weighted by Crippen LogP contribution is -2.35. The zero-order valence-electron chi connectivity index (χ0n) is 24.9. The van der Waals surface area contributed by atoms with E-state index in [4.69, 9.17) is 19.4 Å². The van der Waals surface area contributed by atoms with Gasteiger partial charge in [-0.15, -0.1) is 0 Å². The van der Waals surface area contributed by atoms with Gasteiger partial charge in [-0.2, -0.15) is 18.3 Å². The maximum Gasteiger partial charge on any atom is 0.408 e. The number of aromatic carboxylic acids is 1. The minimum atomic E-state index is -4.36. The highest BCUT2D eigenvalue weighted by atomic mass is 19.4. The molecule has 46 heavy (non-hydrogen) atoms. The summed E-state index contributed by atoms with van der Waals surface area (Å²) in [5, 5.41) is 14.0. The van der Waals surface area contributed by atoms with Crippen LogP contribution in [0.2, 0.25) is 0 Å². The number of carbonyl (C=O) groups is 1. The van der Waals surface area contributed by atoms with E-state index < -0.39 is 18.7 Å². The number of fused-ring (bicyclic) bond motifs is 2. The van der Waals surface area contributed by atoms with E-state index in [1.54, 1.807) is 24.3 Å². The molecule has 0 saturated carbocycles. The van der Waals surface area contributed by atoms with E-state index in [1.807, 2.05) is 22.8 Å². The van der Waals surface area contributed by atoms with Gasteiger partial charge >= 0.3 is 12.1 Å². The Hall–Kier alpha value is -4.56. The normalized spacial score (nSPS) is 17.8. The van der Waals surface area contributed by atoms with Gasteiger partial charge in [-0.1, -0.05) is 18.2 Å². The predicted molar refractivity (Wildman–Crippen MR) is 160 cm³/mol. The van der Waals surface area contributed by atoms with Gasteiger partial charge in [-0.05, 0) is 62.2 Å². The van der Waals surface area contributed by atoms with Crippen molar-refractivity contribution in [3.05, 3.63) is 77.5 Å². The molecule has 0 bridgehead atoms. The van der Waals surface area contributed by atoms with Crippen LogP contribution in [-0.4, -0.2) is 77.3 Å². The number of nitrogens with zero attached hydrogens (tertiary/aromatic N) is 7. The lowest BCUT2D eigenvalue weighted by Gasteiger charge is -2.32. The summed E-state index contributed by atoms with van der Waals surface area (Å²) in [6.07, 6.45) is -0.135. The molecule has 5 aromatic rings. The molecule has 2 fully saturated rings. The van der Waals surface area contributed by atoms with E-state index >= 15 is 0 Å². The first-order chi connectivity index (χ1) is 22.2. The Balaban J connectivity index is 0.988. The van der Waals surface area contributed by atoms with Gasteiger partial charge in [0.25, 0.3) is 0 Å².